The highest BCUT2D eigenvalue weighted by molar-refractivity contribution is 6.13. The molecule has 1 heterocycles. The van der Waals surface area contributed by atoms with Gasteiger partial charge in [-0.1, -0.05) is 12.1 Å². The van der Waals surface area contributed by atoms with Crippen molar-refractivity contribution in [2.24, 2.45) is 0 Å². The maximum absolute atomic E-state index is 6.02. The number of hydrogen-bond acceptors (Lipinski definition) is 6. The summed E-state index contributed by atoms with van der Waals surface area (Å²) < 4.78 is 33.4. The van der Waals surface area contributed by atoms with Crippen LogP contribution in [0, 0.1) is 0 Å². The molecule has 122 valence electrons. The number of hydrogen-bond donors (Lipinski definition) is 0. The third kappa shape index (κ3) is 2.02. The minimum atomic E-state index is 0.414. The summed E-state index contributed by atoms with van der Waals surface area (Å²) in [5.74, 6) is 2.45. The van der Waals surface area contributed by atoms with Gasteiger partial charge in [0.2, 0.25) is 17.2 Å². The van der Waals surface area contributed by atoms with Crippen LogP contribution in [0.25, 0.3) is 21.9 Å². The van der Waals surface area contributed by atoms with E-state index in [1.54, 1.807) is 28.4 Å². The molecule has 3 aromatic rings. The Labute approximate surface area is 133 Å². The van der Waals surface area contributed by atoms with Crippen molar-refractivity contribution in [3.05, 3.63) is 18.2 Å². The van der Waals surface area contributed by atoms with Crippen molar-refractivity contribution in [1.29, 1.82) is 0 Å². The van der Waals surface area contributed by atoms with E-state index < -0.39 is 0 Å². The lowest BCUT2D eigenvalue weighted by molar-refractivity contribution is 0.307. The Bertz CT molecular complexity index is 865. The van der Waals surface area contributed by atoms with Crippen LogP contribution in [0.15, 0.2) is 22.6 Å². The van der Waals surface area contributed by atoms with Crippen LogP contribution in [0.2, 0.25) is 0 Å². The zero-order chi connectivity index (χ0) is 16.6. The lowest BCUT2D eigenvalue weighted by Gasteiger charge is -2.15. The topological polar surface area (TPSA) is 59.3 Å². The van der Waals surface area contributed by atoms with Gasteiger partial charge in [0, 0.05) is 5.39 Å². The molecule has 1 aromatic heterocycles. The van der Waals surface area contributed by atoms with E-state index in [9.17, 15) is 0 Å². The summed E-state index contributed by atoms with van der Waals surface area (Å²) in [4.78, 5) is 0. The molecule has 0 bridgehead atoms. The van der Waals surface area contributed by atoms with Gasteiger partial charge in [0.25, 0.3) is 0 Å². The summed E-state index contributed by atoms with van der Waals surface area (Å²) in [5.41, 5.74) is 1.12. The minimum absolute atomic E-state index is 0.414. The number of fused-ring (bicyclic) bond motifs is 3. The lowest BCUT2D eigenvalue weighted by atomic mass is 10.1. The van der Waals surface area contributed by atoms with Crippen LogP contribution in [0.5, 0.6) is 28.7 Å². The third-order valence-corrected chi connectivity index (χ3v) is 3.77. The molecule has 6 nitrogen and oxygen atoms in total. The second-order valence-electron chi connectivity index (χ2n) is 4.78. The van der Waals surface area contributed by atoms with Gasteiger partial charge in [-0.05, 0) is 6.07 Å². The Morgan fingerprint density at radius 3 is 1.83 bits per heavy atom. The number of para-hydroxylation sites is 1. The SMILES string of the molecule is COc1c(OC)c(OC)c2c(oc3c(OC)cccc32)c1OC. The van der Waals surface area contributed by atoms with Crippen LogP contribution in [0.3, 0.4) is 0 Å². The van der Waals surface area contributed by atoms with E-state index in [4.69, 9.17) is 28.1 Å². The summed E-state index contributed by atoms with van der Waals surface area (Å²) in [6, 6.07) is 5.65. The Hall–Kier alpha value is -2.76. The molecule has 0 amide bonds. The van der Waals surface area contributed by atoms with Crippen LogP contribution >= 0.6 is 0 Å². The van der Waals surface area contributed by atoms with Crippen molar-refractivity contribution in [3.63, 3.8) is 0 Å². The van der Waals surface area contributed by atoms with E-state index in [1.165, 1.54) is 7.11 Å². The molecule has 0 fully saturated rings. The molecule has 0 aliphatic rings. The molecule has 0 unspecified atom stereocenters. The lowest BCUT2D eigenvalue weighted by Crippen LogP contribution is -1.98. The van der Waals surface area contributed by atoms with Gasteiger partial charge in [-0.2, -0.15) is 0 Å². The minimum Gasteiger partial charge on any atom is -0.493 e. The molecule has 0 N–H and O–H groups in total. The van der Waals surface area contributed by atoms with Gasteiger partial charge in [-0.15, -0.1) is 0 Å². The van der Waals surface area contributed by atoms with E-state index >= 15 is 0 Å². The Kier molecular flexibility index (Phi) is 3.82. The van der Waals surface area contributed by atoms with E-state index in [-0.39, 0.29) is 0 Å². The largest absolute Gasteiger partial charge is 0.493 e. The first kappa shape index (κ1) is 15.1. The maximum atomic E-state index is 6.02. The van der Waals surface area contributed by atoms with Crippen molar-refractivity contribution >= 4 is 21.9 Å². The van der Waals surface area contributed by atoms with Crippen LogP contribution in [0.4, 0.5) is 0 Å². The highest BCUT2D eigenvalue weighted by Crippen LogP contribution is 2.54. The summed E-state index contributed by atoms with van der Waals surface area (Å²) in [6.45, 7) is 0. The van der Waals surface area contributed by atoms with Crippen molar-refractivity contribution < 1.29 is 28.1 Å². The molecule has 0 spiro atoms. The smallest absolute Gasteiger partial charge is 0.211 e. The first-order chi connectivity index (χ1) is 11.2. The van der Waals surface area contributed by atoms with Crippen molar-refractivity contribution in [3.8, 4) is 28.7 Å². The molecule has 0 saturated heterocycles. The highest BCUT2D eigenvalue weighted by atomic mass is 16.5. The first-order valence-electron chi connectivity index (χ1n) is 6.96. The van der Waals surface area contributed by atoms with Crippen LogP contribution in [-0.2, 0) is 0 Å². The molecule has 0 aliphatic heterocycles. The predicted octanol–water partition coefficient (Wildman–Crippen LogP) is 3.63. The maximum Gasteiger partial charge on any atom is 0.211 e. The zero-order valence-electron chi connectivity index (χ0n) is 13.7. The molecule has 0 saturated carbocycles. The van der Waals surface area contributed by atoms with E-state index in [0.717, 1.165) is 10.8 Å². The highest BCUT2D eigenvalue weighted by Gasteiger charge is 2.28. The fraction of sp³-hybridized carbons (Fsp3) is 0.294. The molecular formula is C17H18O6. The van der Waals surface area contributed by atoms with Crippen molar-refractivity contribution in [1.82, 2.24) is 0 Å². The normalized spacial score (nSPS) is 10.8. The molecule has 2 aromatic carbocycles. The Morgan fingerprint density at radius 2 is 1.26 bits per heavy atom. The number of ether oxygens (including phenoxy) is 5. The number of rotatable bonds is 5. The van der Waals surface area contributed by atoms with Crippen molar-refractivity contribution in [2.75, 3.05) is 35.5 Å². The second kappa shape index (κ2) is 5.79. The third-order valence-electron chi connectivity index (χ3n) is 3.77. The quantitative estimate of drug-likeness (QED) is 0.716. The summed E-state index contributed by atoms with van der Waals surface area (Å²) >= 11 is 0. The predicted molar refractivity (Wildman–Crippen MR) is 86.5 cm³/mol. The standard InChI is InChI=1S/C17H18O6/c1-18-10-8-6-7-9-11-13(19-2)15(20-3)17(22-5)16(21-4)14(11)23-12(9)10/h6-8H,1-5H3. The Balaban J connectivity index is 2.59. The molecular weight excluding hydrogens is 300 g/mol. The molecule has 23 heavy (non-hydrogen) atoms. The van der Waals surface area contributed by atoms with Gasteiger partial charge >= 0.3 is 0 Å². The molecule has 0 aliphatic carbocycles. The van der Waals surface area contributed by atoms with E-state index in [1.807, 2.05) is 18.2 Å². The fourth-order valence-corrected chi connectivity index (χ4v) is 2.81. The second-order valence-corrected chi connectivity index (χ2v) is 4.78. The zero-order valence-corrected chi connectivity index (χ0v) is 13.7. The number of benzene rings is 2. The van der Waals surface area contributed by atoms with E-state index in [0.29, 0.717) is 39.9 Å². The monoisotopic (exact) mass is 318 g/mol. The van der Waals surface area contributed by atoms with Crippen LogP contribution in [-0.4, -0.2) is 35.5 Å². The summed E-state index contributed by atoms with van der Waals surface area (Å²) in [6.07, 6.45) is 0. The fourth-order valence-electron chi connectivity index (χ4n) is 2.81. The first-order valence-corrected chi connectivity index (χ1v) is 6.96. The number of methoxy groups -OCH3 is 5. The van der Waals surface area contributed by atoms with Gasteiger partial charge in [0.1, 0.15) is 0 Å². The van der Waals surface area contributed by atoms with Gasteiger partial charge in [0.05, 0.1) is 40.9 Å². The molecule has 6 heteroatoms. The number of furan rings is 1. The summed E-state index contributed by atoms with van der Waals surface area (Å²) in [7, 11) is 7.80. The molecule has 3 rings (SSSR count). The van der Waals surface area contributed by atoms with Crippen LogP contribution in [0.1, 0.15) is 0 Å². The average Bonchev–Trinajstić information content (AvgIpc) is 2.98. The molecule has 0 atom stereocenters. The summed E-state index contributed by atoms with van der Waals surface area (Å²) in [5, 5.41) is 1.59. The molecule has 0 radical (unpaired) electrons. The van der Waals surface area contributed by atoms with E-state index in [2.05, 4.69) is 0 Å². The van der Waals surface area contributed by atoms with Crippen LogP contribution < -0.4 is 23.7 Å². The average molecular weight is 318 g/mol. The van der Waals surface area contributed by atoms with Gasteiger partial charge in [-0.25, -0.2) is 0 Å². The Morgan fingerprint density at radius 1 is 0.652 bits per heavy atom. The van der Waals surface area contributed by atoms with Gasteiger partial charge in [0.15, 0.2) is 22.7 Å². The van der Waals surface area contributed by atoms with Gasteiger partial charge < -0.3 is 28.1 Å². The van der Waals surface area contributed by atoms with Gasteiger partial charge in [-0.3, -0.25) is 0 Å². The van der Waals surface area contributed by atoms with Crippen molar-refractivity contribution in [2.45, 2.75) is 0 Å².